The highest BCUT2D eigenvalue weighted by molar-refractivity contribution is 5.89. The fourth-order valence-electron chi connectivity index (χ4n) is 2.63. The Bertz CT molecular complexity index is 1100. The first kappa shape index (κ1) is 22.8. The maximum absolute atomic E-state index is 12.7. The highest BCUT2D eigenvalue weighted by Gasteiger charge is 2.30. The predicted molar refractivity (Wildman–Crippen MR) is 107 cm³/mol. The number of alkyl halides is 3. The van der Waals surface area contributed by atoms with E-state index in [2.05, 4.69) is 20.8 Å². The van der Waals surface area contributed by atoms with E-state index in [0.29, 0.717) is 5.56 Å². The topological polar surface area (TPSA) is 106 Å². The molecule has 168 valence electrons. The number of hydrogen-bond acceptors (Lipinski definition) is 6. The van der Waals surface area contributed by atoms with E-state index in [9.17, 15) is 22.8 Å². The number of amides is 2. The van der Waals surface area contributed by atoms with Crippen molar-refractivity contribution in [2.75, 3.05) is 19.7 Å². The average Bonchev–Trinajstić information content (AvgIpc) is 3.25. The van der Waals surface area contributed by atoms with Crippen molar-refractivity contribution < 1.29 is 32.0 Å². The van der Waals surface area contributed by atoms with Crippen molar-refractivity contribution in [3.8, 4) is 17.1 Å². The molecule has 0 spiro atoms. The van der Waals surface area contributed by atoms with Gasteiger partial charge in [0, 0.05) is 18.7 Å². The molecule has 32 heavy (non-hydrogen) atoms. The van der Waals surface area contributed by atoms with Crippen molar-refractivity contribution >= 4 is 11.8 Å². The Morgan fingerprint density at radius 2 is 1.81 bits per heavy atom. The molecule has 0 unspecified atom stereocenters. The molecule has 2 N–H and O–H groups in total. The molecule has 0 atom stereocenters. The predicted octanol–water partition coefficient (Wildman–Crippen LogP) is 2.99. The second kappa shape index (κ2) is 9.94. The number of nitrogens with zero attached hydrogens (tertiary/aromatic N) is 2. The van der Waals surface area contributed by atoms with Crippen LogP contribution in [-0.2, 0) is 11.0 Å². The fourth-order valence-corrected chi connectivity index (χ4v) is 2.63. The van der Waals surface area contributed by atoms with Crippen LogP contribution in [-0.4, -0.2) is 41.7 Å². The van der Waals surface area contributed by atoms with Crippen LogP contribution in [0.25, 0.3) is 11.4 Å². The summed E-state index contributed by atoms with van der Waals surface area (Å²) in [6, 6.07) is 11.6. The molecule has 0 saturated heterocycles. The molecule has 0 aliphatic carbocycles. The number of carbonyl (C=O) groups excluding carboxylic acids is 2. The van der Waals surface area contributed by atoms with E-state index in [-0.39, 0.29) is 30.6 Å². The van der Waals surface area contributed by atoms with Crippen LogP contribution in [0.5, 0.6) is 5.75 Å². The normalized spacial score (nSPS) is 11.1. The van der Waals surface area contributed by atoms with Crippen molar-refractivity contribution in [3.63, 3.8) is 0 Å². The van der Waals surface area contributed by atoms with Crippen LogP contribution in [0, 0.1) is 6.92 Å². The van der Waals surface area contributed by atoms with Gasteiger partial charge in [0.2, 0.25) is 5.82 Å². The lowest BCUT2D eigenvalue weighted by Gasteiger charge is -2.10. The Balaban J connectivity index is 1.40. The van der Waals surface area contributed by atoms with Gasteiger partial charge in [-0.2, -0.15) is 18.2 Å². The number of aromatic nitrogens is 2. The summed E-state index contributed by atoms with van der Waals surface area (Å²) in [5.74, 6) is -1.19. The Kier molecular flexibility index (Phi) is 7.08. The molecule has 0 radical (unpaired) electrons. The third-order valence-electron chi connectivity index (χ3n) is 4.16. The van der Waals surface area contributed by atoms with Crippen molar-refractivity contribution in [1.29, 1.82) is 0 Å². The van der Waals surface area contributed by atoms with E-state index < -0.39 is 30.2 Å². The third-order valence-corrected chi connectivity index (χ3v) is 4.16. The summed E-state index contributed by atoms with van der Waals surface area (Å²) >= 11 is 0. The van der Waals surface area contributed by atoms with E-state index in [1.807, 2.05) is 25.1 Å². The quantitative estimate of drug-likeness (QED) is 0.513. The van der Waals surface area contributed by atoms with Gasteiger partial charge in [0.15, 0.2) is 6.61 Å². The Morgan fingerprint density at radius 3 is 2.56 bits per heavy atom. The molecule has 11 heteroatoms. The van der Waals surface area contributed by atoms with Crippen LogP contribution in [0.3, 0.4) is 0 Å². The van der Waals surface area contributed by atoms with Crippen molar-refractivity contribution in [2.24, 2.45) is 0 Å². The fraction of sp³-hybridized carbons (Fsp3) is 0.238. The van der Waals surface area contributed by atoms with Crippen molar-refractivity contribution in [3.05, 3.63) is 65.5 Å². The van der Waals surface area contributed by atoms with Crippen LogP contribution in [0.2, 0.25) is 0 Å². The summed E-state index contributed by atoms with van der Waals surface area (Å²) in [4.78, 5) is 27.9. The summed E-state index contributed by atoms with van der Waals surface area (Å²) in [6.07, 6.45) is -4.50. The summed E-state index contributed by atoms with van der Waals surface area (Å²) < 4.78 is 48.1. The zero-order valence-electron chi connectivity index (χ0n) is 16.9. The molecule has 0 bridgehead atoms. The van der Waals surface area contributed by atoms with Crippen LogP contribution in [0.1, 0.15) is 21.8 Å². The number of aryl methyl sites for hydroxylation is 1. The number of carbonyl (C=O) groups is 2. The van der Waals surface area contributed by atoms with Gasteiger partial charge < -0.3 is 19.9 Å². The maximum Gasteiger partial charge on any atom is 0.416 e. The first-order valence-corrected chi connectivity index (χ1v) is 9.48. The number of nitrogens with one attached hydrogen (secondary N) is 2. The minimum atomic E-state index is -4.50. The highest BCUT2D eigenvalue weighted by Crippen LogP contribution is 2.31. The first-order valence-electron chi connectivity index (χ1n) is 9.48. The lowest BCUT2D eigenvalue weighted by atomic mass is 10.1. The minimum absolute atomic E-state index is 0.0649. The minimum Gasteiger partial charge on any atom is -0.484 e. The Labute approximate surface area is 180 Å². The monoisotopic (exact) mass is 448 g/mol. The van der Waals surface area contributed by atoms with Gasteiger partial charge in [0.25, 0.3) is 5.91 Å². The molecular formula is C21H19F3N4O4. The summed E-state index contributed by atoms with van der Waals surface area (Å²) in [7, 11) is 0. The zero-order chi connectivity index (χ0) is 23.1. The molecular weight excluding hydrogens is 429 g/mol. The number of ether oxygens (including phenoxy) is 1. The molecule has 1 aromatic heterocycles. The molecule has 8 nitrogen and oxygen atoms in total. The first-order chi connectivity index (χ1) is 15.2. The van der Waals surface area contributed by atoms with Gasteiger partial charge in [-0.1, -0.05) is 35.0 Å². The molecule has 3 rings (SSSR count). The largest absolute Gasteiger partial charge is 0.484 e. The molecule has 2 aromatic carbocycles. The van der Waals surface area contributed by atoms with E-state index in [0.717, 1.165) is 17.7 Å². The third kappa shape index (κ3) is 6.30. The highest BCUT2D eigenvalue weighted by atomic mass is 19.4. The van der Waals surface area contributed by atoms with Gasteiger partial charge in [-0.25, -0.2) is 0 Å². The second-order valence-electron chi connectivity index (χ2n) is 6.71. The molecule has 0 aliphatic rings. The summed E-state index contributed by atoms with van der Waals surface area (Å²) in [5, 5.41) is 8.76. The van der Waals surface area contributed by atoms with E-state index in [4.69, 9.17) is 9.26 Å². The lowest BCUT2D eigenvalue weighted by Crippen LogP contribution is -2.36. The number of halogens is 3. The SMILES string of the molecule is Cc1cccc(-c2noc(C(=O)NCCNC(=O)COc3cccc(C(F)(F)F)c3)n2)c1. The summed E-state index contributed by atoms with van der Waals surface area (Å²) in [6.45, 7) is 1.57. The van der Waals surface area contributed by atoms with Gasteiger partial charge in [-0.3, -0.25) is 9.59 Å². The average molecular weight is 448 g/mol. The van der Waals surface area contributed by atoms with Gasteiger partial charge in [-0.05, 0) is 31.2 Å². The van der Waals surface area contributed by atoms with Gasteiger partial charge in [0.1, 0.15) is 5.75 Å². The van der Waals surface area contributed by atoms with Gasteiger partial charge >= 0.3 is 18.0 Å². The van der Waals surface area contributed by atoms with Crippen molar-refractivity contribution in [1.82, 2.24) is 20.8 Å². The number of hydrogen-bond donors (Lipinski definition) is 2. The molecule has 0 fully saturated rings. The van der Waals surface area contributed by atoms with Crippen LogP contribution >= 0.6 is 0 Å². The Hall–Kier alpha value is -3.89. The standard InChI is InChI=1S/C21H19F3N4O4/c1-13-4-2-5-14(10-13)18-27-20(32-28-18)19(30)26-9-8-25-17(29)12-31-16-7-3-6-15(11-16)21(22,23)24/h2-7,10-11H,8-9,12H2,1H3,(H,25,29)(H,26,30). The van der Waals surface area contributed by atoms with E-state index in [1.54, 1.807) is 6.07 Å². The summed E-state index contributed by atoms with van der Waals surface area (Å²) in [5.41, 5.74) is 0.844. The van der Waals surface area contributed by atoms with Crippen molar-refractivity contribution in [2.45, 2.75) is 13.1 Å². The lowest BCUT2D eigenvalue weighted by molar-refractivity contribution is -0.137. The van der Waals surface area contributed by atoms with E-state index in [1.165, 1.54) is 12.1 Å². The van der Waals surface area contributed by atoms with Gasteiger partial charge in [-0.15, -0.1) is 0 Å². The zero-order valence-corrected chi connectivity index (χ0v) is 16.9. The smallest absolute Gasteiger partial charge is 0.416 e. The Morgan fingerprint density at radius 1 is 1.06 bits per heavy atom. The van der Waals surface area contributed by atoms with E-state index >= 15 is 0 Å². The molecule has 2 amide bonds. The van der Waals surface area contributed by atoms with Gasteiger partial charge in [0.05, 0.1) is 5.56 Å². The maximum atomic E-state index is 12.7. The molecule has 0 saturated carbocycles. The van der Waals surface area contributed by atoms with Crippen LogP contribution in [0.4, 0.5) is 13.2 Å². The molecule has 3 aromatic rings. The van der Waals surface area contributed by atoms with Crippen LogP contribution in [0.15, 0.2) is 53.1 Å². The number of rotatable bonds is 8. The van der Waals surface area contributed by atoms with Crippen LogP contribution < -0.4 is 15.4 Å². The second-order valence-corrected chi connectivity index (χ2v) is 6.71. The number of benzene rings is 2. The molecule has 0 aliphatic heterocycles. The molecule has 1 heterocycles.